The third kappa shape index (κ3) is 5.11. The molecule has 1 saturated carbocycles. The van der Waals surface area contributed by atoms with Crippen molar-refractivity contribution in [1.29, 1.82) is 0 Å². The lowest BCUT2D eigenvalue weighted by Gasteiger charge is -2.32. The number of nitrogens with zero attached hydrogens (tertiary/aromatic N) is 4. The minimum absolute atomic E-state index is 0.0552. The normalized spacial score (nSPS) is 20.5. The summed E-state index contributed by atoms with van der Waals surface area (Å²) in [4.78, 5) is 43.1. The van der Waals surface area contributed by atoms with Crippen molar-refractivity contribution < 1.29 is 14.4 Å². The van der Waals surface area contributed by atoms with E-state index in [9.17, 15) is 14.4 Å². The molecule has 1 saturated heterocycles. The van der Waals surface area contributed by atoms with Crippen LogP contribution >= 0.6 is 0 Å². The summed E-state index contributed by atoms with van der Waals surface area (Å²) in [5, 5.41) is 7.56. The standard InChI is InChI=1S/C27H35N5O3/c1-30-23-13-15-31(24(33)16-19-8-5-6-9-19)18-22(23)25(29-30)27(35)32-14-7-10-20(17-32)26(34)28-21-11-3-2-4-12-21/h2-4,11-12,19-20H,5-10,13-18H2,1H3,(H,28,34)/t20-/m0/s1. The Balaban J connectivity index is 1.26. The average molecular weight is 478 g/mol. The van der Waals surface area contributed by atoms with Gasteiger partial charge in [0.25, 0.3) is 5.91 Å². The van der Waals surface area contributed by atoms with Gasteiger partial charge in [-0.25, -0.2) is 0 Å². The molecular weight excluding hydrogens is 442 g/mol. The third-order valence-electron chi connectivity index (χ3n) is 7.86. The Hall–Kier alpha value is -3.16. The van der Waals surface area contributed by atoms with Crippen LogP contribution in [0.3, 0.4) is 0 Å². The van der Waals surface area contributed by atoms with Gasteiger partial charge in [0.1, 0.15) is 0 Å². The van der Waals surface area contributed by atoms with Crippen LogP contribution in [0, 0.1) is 11.8 Å². The summed E-state index contributed by atoms with van der Waals surface area (Å²) in [6.07, 6.45) is 7.61. The van der Waals surface area contributed by atoms with Gasteiger partial charge in [-0.1, -0.05) is 31.0 Å². The maximum Gasteiger partial charge on any atom is 0.274 e. The van der Waals surface area contributed by atoms with E-state index in [1.807, 2.05) is 42.3 Å². The summed E-state index contributed by atoms with van der Waals surface area (Å²) in [5.41, 5.74) is 3.11. The van der Waals surface area contributed by atoms with Gasteiger partial charge in [-0.3, -0.25) is 19.1 Å². The van der Waals surface area contributed by atoms with E-state index in [2.05, 4.69) is 10.4 Å². The van der Waals surface area contributed by atoms with Gasteiger partial charge in [-0.15, -0.1) is 0 Å². The van der Waals surface area contributed by atoms with Crippen LogP contribution in [0.4, 0.5) is 5.69 Å². The van der Waals surface area contributed by atoms with Crippen molar-refractivity contribution in [3.63, 3.8) is 0 Å². The van der Waals surface area contributed by atoms with Crippen LogP contribution in [0.5, 0.6) is 0 Å². The summed E-state index contributed by atoms with van der Waals surface area (Å²) in [6.45, 7) is 2.12. The van der Waals surface area contributed by atoms with Crippen LogP contribution in [-0.4, -0.2) is 56.9 Å². The van der Waals surface area contributed by atoms with Crippen LogP contribution in [0.25, 0.3) is 0 Å². The lowest BCUT2D eigenvalue weighted by atomic mass is 9.96. The zero-order chi connectivity index (χ0) is 24.4. The molecule has 186 valence electrons. The molecule has 2 aromatic rings. The van der Waals surface area contributed by atoms with Crippen LogP contribution in [0.15, 0.2) is 30.3 Å². The number of piperidine rings is 1. The van der Waals surface area contributed by atoms with Crippen molar-refractivity contribution >= 4 is 23.4 Å². The molecule has 0 spiro atoms. The fourth-order valence-electron chi connectivity index (χ4n) is 5.86. The number of hydrogen-bond acceptors (Lipinski definition) is 4. The number of para-hydroxylation sites is 1. The summed E-state index contributed by atoms with van der Waals surface area (Å²) >= 11 is 0. The topological polar surface area (TPSA) is 87.5 Å². The van der Waals surface area contributed by atoms with E-state index < -0.39 is 0 Å². The third-order valence-corrected chi connectivity index (χ3v) is 7.86. The Morgan fingerprint density at radius 1 is 1.00 bits per heavy atom. The molecule has 1 aliphatic carbocycles. The monoisotopic (exact) mass is 477 g/mol. The second-order valence-corrected chi connectivity index (χ2v) is 10.3. The van der Waals surface area contributed by atoms with E-state index in [4.69, 9.17) is 0 Å². The van der Waals surface area contributed by atoms with Gasteiger partial charge < -0.3 is 15.1 Å². The first-order chi connectivity index (χ1) is 17.0. The molecule has 8 nitrogen and oxygen atoms in total. The number of likely N-dealkylation sites (tertiary alicyclic amines) is 1. The summed E-state index contributed by atoms with van der Waals surface area (Å²) in [5.74, 6) is 0.258. The van der Waals surface area contributed by atoms with Gasteiger partial charge in [-0.05, 0) is 43.7 Å². The molecule has 1 aromatic heterocycles. The van der Waals surface area contributed by atoms with Crippen molar-refractivity contribution in [3.8, 4) is 0 Å². The number of rotatable bonds is 5. The predicted molar refractivity (Wildman–Crippen MR) is 133 cm³/mol. The van der Waals surface area contributed by atoms with Crippen molar-refractivity contribution in [2.24, 2.45) is 18.9 Å². The first kappa shape index (κ1) is 23.6. The highest BCUT2D eigenvalue weighted by atomic mass is 16.2. The number of anilines is 1. The number of benzene rings is 1. The van der Waals surface area contributed by atoms with E-state index >= 15 is 0 Å². The summed E-state index contributed by atoms with van der Waals surface area (Å²) in [6, 6.07) is 9.41. The van der Waals surface area contributed by atoms with Gasteiger partial charge in [0.05, 0.1) is 5.92 Å². The molecule has 35 heavy (non-hydrogen) atoms. The Labute approximate surface area is 206 Å². The number of nitrogens with one attached hydrogen (secondary N) is 1. The van der Waals surface area contributed by atoms with Gasteiger partial charge in [0.2, 0.25) is 11.8 Å². The molecule has 3 amide bonds. The van der Waals surface area contributed by atoms with Crippen LogP contribution in [0.2, 0.25) is 0 Å². The van der Waals surface area contributed by atoms with Crippen molar-refractivity contribution in [3.05, 3.63) is 47.3 Å². The Morgan fingerprint density at radius 3 is 2.54 bits per heavy atom. The van der Waals surface area contributed by atoms with Gasteiger partial charge >= 0.3 is 0 Å². The highest BCUT2D eigenvalue weighted by Crippen LogP contribution is 2.30. The quantitative estimate of drug-likeness (QED) is 0.715. The maximum atomic E-state index is 13.6. The average Bonchev–Trinajstić information content (AvgIpc) is 3.51. The van der Waals surface area contributed by atoms with Crippen LogP contribution < -0.4 is 5.32 Å². The number of hydrogen-bond donors (Lipinski definition) is 1. The lowest BCUT2D eigenvalue weighted by Crippen LogP contribution is -2.44. The Kier molecular flexibility index (Phi) is 6.88. The molecule has 0 bridgehead atoms. The van der Waals surface area contributed by atoms with E-state index in [1.165, 1.54) is 12.8 Å². The lowest BCUT2D eigenvalue weighted by molar-refractivity contribution is -0.133. The molecule has 3 heterocycles. The van der Waals surface area contributed by atoms with Gasteiger partial charge in [0, 0.05) is 63.0 Å². The van der Waals surface area contributed by atoms with Crippen molar-refractivity contribution in [2.75, 3.05) is 25.0 Å². The number of aryl methyl sites for hydroxylation is 1. The van der Waals surface area contributed by atoms with E-state index in [0.717, 1.165) is 42.6 Å². The number of aromatic nitrogens is 2. The fourth-order valence-corrected chi connectivity index (χ4v) is 5.86. The molecule has 8 heteroatoms. The smallest absolute Gasteiger partial charge is 0.274 e. The molecule has 1 N–H and O–H groups in total. The SMILES string of the molecule is Cn1nc(C(=O)N2CCC[C@H](C(=O)Nc3ccccc3)C2)c2c1CCN(C(=O)CC1CCCC1)C2. The second kappa shape index (κ2) is 10.2. The molecule has 2 aliphatic heterocycles. The fraction of sp³-hybridized carbons (Fsp3) is 0.556. The Morgan fingerprint density at radius 2 is 1.77 bits per heavy atom. The molecular formula is C27H35N5O3. The molecule has 3 aliphatic rings. The first-order valence-electron chi connectivity index (χ1n) is 13.0. The molecule has 1 aromatic carbocycles. The first-order valence-corrected chi connectivity index (χ1v) is 13.0. The summed E-state index contributed by atoms with van der Waals surface area (Å²) in [7, 11) is 1.87. The van der Waals surface area contributed by atoms with Gasteiger partial charge in [0.15, 0.2) is 5.69 Å². The van der Waals surface area contributed by atoms with Crippen LogP contribution in [0.1, 0.15) is 66.7 Å². The molecule has 2 fully saturated rings. The van der Waals surface area contributed by atoms with Gasteiger partial charge in [-0.2, -0.15) is 5.10 Å². The number of fused-ring (bicyclic) bond motifs is 1. The molecule has 0 unspecified atom stereocenters. The van der Waals surface area contributed by atoms with E-state index in [0.29, 0.717) is 50.6 Å². The second-order valence-electron chi connectivity index (χ2n) is 10.3. The van der Waals surface area contributed by atoms with E-state index in [-0.39, 0.29) is 23.6 Å². The highest BCUT2D eigenvalue weighted by molar-refractivity contribution is 5.96. The highest BCUT2D eigenvalue weighted by Gasteiger charge is 2.35. The largest absolute Gasteiger partial charge is 0.338 e. The van der Waals surface area contributed by atoms with Crippen molar-refractivity contribution in [2.45, 2.75) is 57.9 Å². The molecule has 1 atom stereocenters. The molecule has 0 radical (unpaired) electrons. The predicted octanol–water partition coefficient (Wildman–Crippen LogP) is 3.38. The zero-order valence-electron chi connectivity index (χ0n) is 20.5. The number of amides is 3. The summed E-state index contributed by atoms with van der Waals surface area (Å²) < 4.78 is 1.80. The number of carbonyl (C=O) groups excluding carboxylic acids is 3. The number of carbonyl (C=O) groups is 3. The van der Waals surface area contributed by atoms with E-state index in [1.54, 1.807) is 9.58 Å². The minimum atomic E-state index is -0.253. The molecule has 5 rings (SSSR count). The maximum absolute atomic E-state index is 13.6. The minimum Gasteiger partial charge on any atom is -0.338 e. The zero-order valence-corrected chi connectivity index (χ0v) is 20.5. The van der Waals surface area contributed by atoms with Crippen LogP contribution in [-0.2, 0) is 29.6 Å². The Bertz CT molecular complexity index is 1090. The van der Waals surface area contributed by atoms with Crippen molar-refractivity contribution in [1.82, 2.24) is 19.6 Å².